The van der Waals surface area contributed by atoms with Crippen LogP contribution in [0.3, 0.4) is 0 Å². The Labute approximate surface area is 233 Å². The number of fused-ring (bicyclic) bond motifs is 2. The topological polar surface area (TPSA) is 131 Å². The minimum absolute atomic E-state index is 0. The fourth-order valence-electron chi connectivity index (χ4n) is 8.27. The molecular weight excluding hydrogens is 496 g/mol. The zero-order valence-corrected chi connectivity index (χ0v) is 24.4. The number of hydrogen-bond donors (Lipinski definition) is 2. The van der Waals surface area contributed by atoms with Gasteiger partial charge in [-0.05, 0) is 59.5 Å². The Bertz CT molecular complexity index is 914. The molecule has 7 heteroatoms. The molecule has 0 aromatic heterocycles. The van der Waals surface area contributed by atoms with E-state index in [1.807, 2.05) is 0 Å². The third-order valence-electron chi connectivity index (χ3n) is 10.2. The van der Waals surface area contributed by atoms with Crippen molar-refractivity contribution in [1.82, 2.24) is 0 Å². The number of rotatable bonds is 6. The van der Waals surface area contributed by atoms with E-state index < -0.39 is 11.9 Å². The molecule has 220 valence electrons. The highest BCUT2D eigenvalue weighted by Crippen LogP contribution is 2.53. The van der Waals surface area contributed by atoms with Crippen LogP contribution in [0.5, 0.6) is 0 Å². The smallest absolute Gasteiger partial charge is 0.332 e. The van der Waals surface area contributed by atoms with Crippen LogP contribution in [0, 0.1) is 22.7 Å². The van der Waals surface area contributed by atoms with Crippen LogP contribution in [0.15, 0.2) is 22.3 Å². The third kappa shape index (κ3) is 6.62. The molecule has 0 amide bonds. The minimum Gasteiger partial charge on any atom is -0.478 e. The lowest BCUT2D eigenvalue weighted by Gasteiger charge is -2.32. The van der Waals surface area contributed by atoms with E-state index in [0.29, 0.717) is 23.0 Å². The van der Waals surface area contributed by atoms with Crippen LogP contribution in [0.1, 0.15) is 118 Å². The van der Waals surface area contributed by atoms with Crippen LogP contribution in [-0.2, 0) is 19.1 Å². The average molecular weight is 547 g/mol. The summed E-state index contributed by atoms with van der Waals surface area (Å²) in [6, 6.07) is 0. The molecule has 2 saturated carbocycles. The molecule has 4 atom stereocenters. The molecule has 2 saturated heterocycles. The molecule has 39 heavy (non-hydrogen) atoms. The molecule has 6 rings (SSSR count). The maximum absolute atomic E-state index is 11.7. The van der Waals surface area contributed by atoms with Crippen LogP contribution in [0.25, 0.3) is 0 Å². The number of aliphatic carboxylic acids is 2. The number of hydrogen-bond acceptors (Lipinski definition) is 4. The standard InChI is InChI=1S/2C16H24O3.H2O/c2*1-16(2)9-12-14(19-12)11(13(16)15(17)18)8-10-6-4-3-5-7-10;/h2*10,12,14H,3-9H2,1-2H3,(H,17,18);1H2. The Kier molecular flexibility index (Phi) is 9.04. The van der Waals surface area contributed by atoms with Gasteiger partial charge in [0, 0.05) is 11.1 Å². The van der Waals surface area contributed by atoms with Gasteiger partial charge in [-0.3, -0.25) is 0 Å². The van der Waals surface area contributed by atoms with E-state index in [2.05, 4.69) is 27.7 Å². The molecule has 4 aliphatic carbocycles. The van der Waals surface area contributed by atoms with Gasteiger partial charge in [0.05, 0.1) is 12.2 Å². The van der Waals surface area contributed by atoms with Crippen molar-refractivity contribution < 1.29 is 34.8 Å². The second-order valence-electron chi connectivity index (χ2n) is 14.2. The predicted molar refractivity (Wildman–Crippen MR) is 149 cm³/mol. The molecule has 6 aliphatic rings. The second kappa shape index (κ2) is 11.7. The monoisotopic (exact) mass is 546 g/mol. The zero-order chi connectivity index (χ0) is 27.2. The number of ether oxygens (including phenoxy) is 2. The molecule has 0 aromatic carbocycles. The van der Waals surface area contributed by atoms with Crippen molar-refractivity contribution in [3.63, 3.8) is 0 Å². The Hall–Kier alpha value is -1.70. The minimum atomic E-state index is -0.732. The Morgan fingerprint density at radius 2 is 1.00 bits per heavy atom. The van der Waals surface area contributed by atoms with Gasteiger partial charge in [0.1, 0.15) is 12.2 Å². The van der Waals surface area contributed by atoms with Gasteiger partial charge in [-0.1, -0.05) is 91.9 Å². The largest absolute Gasteiger partial charge is 0.478 e. The number of epoxide rings is 2. The lowest BCUT2D eigenvalue weighted by atomic mass is 9.70. The zero-order valence-electron chi connectivity index (χ0n) is 24.4. The highest BCUT2D eigenvalue weighted by molar-refractivity contribution is 5.90. The molecule has 4 N–H and O–H groups in total. The summed E-state index contributed by atoms with van der Waals surface area (Å²) in [6.45, 7) is 8.20. The SMILES string of the molecule is CC1(C)CC2OC2C(CC2CCCCC2)=C1C(=O)O.CC1(C)CC2OC2C(CC2CCCCC2)=C1C(=O)O.O. The fraction of sp³-hybridized carbons (Fsp3) is 0.812. The first-order valence-corrected chi connectivity index (χ1v) is 15.2. The van der Waals surface area contributed by atoms with Crippen molar-refractivity contribution in [2.75, 3.05) is 0 Å². The van der Waals surface area contributed by atoms with E-state index in [-0.39, 0.29) is 40.7 Å². The summed E-state index contributed by atoms with van der Waals surface area (Å²) >= 11 is 0. The van der Waals surface area contributed by atoms with Gasteiger partial charge < -0.3 is 25.2 Å². The second-order valence-corrected chi connectivity index (χ2v) is 14.2. The van der Waals surface area contributed by atoms with Crippen molar-refractivity contribution in [3.05, 3.63) is 22.3 Å². The van der Waals surface area contributed by atoms with Crippen molar-refractivity contribution >= 4 is 11.9 Å². The van der Waals surface area contributed by atoms with E-state index in [1.165, 1.54) is 64.2 Å². The lowest BCUT2D eigenvalue weighted by molar-refractivity contribution is -0.135. The molecule has 0 radical (unpaired) electrons. The van der Waals surface area contributed by atoms with E-state index >= 15 is 0 Å². The number of carboxylic acid groups (broad SMARTS) is 2. The van der Waals surface area contributed by atoms with Crippen LogP contribution >= 0.6 is 0 Å². The highest BCUT2D eigenvalue weighted by atomic mass is 16.6. The van der Waals surface area contributed by atoms with E-state index in [1.54, 1.807) is 0 Å². The molecule has 0 aromatic rings. The van der Waals surface area contributed by atoms with Crippen LogP contribution in [0.4, 0.5) is 0 Å². The summed E-state index contributed by atoms with van der Waals surface area (Å²) in [4.78, 5) is 23.3. The Morgan fingerprint density at radius 1 is 0.667 bits per heavy atom. The summed E-state index contributed by atoms with van der Waals surface area (Å²) in [6.07, 6.45) is 17.4. The van der Waals surface area contributed by atoms with Crippen molar-refractivity contribution in [3.8, 4) is 0 Å². The predicted octanol–water partition coefficient (Wildman–Crippen LogP) is 6.25. The first kappa shape index (κ1) is 30.3. The Balaban J connectivity index is 0.000000176. The first-order chi connectivity index (χ1) is 18.0. The van der Waals surface area contributed by atoms with E-state index in [0.717, 1.165) is 36.8 Å². The summed E-state index contributed by atoms with van der Waals surface area (Å²) in [5.74, 6) is -0.108. The average Bonchev–Trinajstić information content (AvgIpc) is 3.75. The summed E-state index contributed by atoms with van der Waals surface area (Å²) < 4.78 is 11.5. The number of carbonyl (C=O) groups is 2. The fourth-order valence-corrected chi connectivity index (χ4v) is 8.27. The molecular formula is C32H50O7. The van der Waals surface area contributed by atoms with Gasteiger partial charge >= 0.3 is 11.9 Å². The molecule has 2 aliphatic heterocycles. The first-order valence-electron chi connectivity index (χ1n) is 15.2. The van der Waals surface area contributed by atoms with E-state index in [9.17, 15) is 19.8 Å². The van der Waals surface area contributed by atoms with Gasteiger partial charge in [-0.2, -0.15) is 0 Å². The van der Waals surface area contributed by atoms with Crippen molar-refractivity contribution in [2.24, 2.45) is 22.7 Å². The molecule has 4 unspecified atom stereocenters. The third-order valence-corrected chi connectivity index (χ3v) is 10.2. The molecule has 4 fully saturated rings. The summed E-state index contributed by atoms with van der Waals surface area (Å²) in [5, 5.41) is 19.2. The highest BCUT2D eigenvalue weighted by Gasteiger charge is 2.54. The van der Waals surface area contributed by atoms with Gasteiger partial charge in [-0.25, -0.2) is 9.59 Å². The summed E-state index contributed by atoms with van der Waals surface area (Å²) in [7, 11) is 0. The van der Waals surface area contributed by atoms with E-state index in [4.69, 9.17) is 9.47 Å². The van der Waals surface area contributed by atoms with Crippen LogP contribution in [-0.4, -0.2) is 52.0 Å². The summed E-state index contributed by atoms with van der Waals surface area (Å²) in [5.41, 5.74) is 3.04. The maximum atomic E-state index is 11.7. The van der Waals surface area contributed by atoms with Gasteiger partial charge in [-0.15, -0.1) is 0 Å². The molecule has 7 nitrogen and oxygen atoms in total. The van der Waals surface area contributed by atoms with Gasteiger partial charge in [0.25, 0.3) is 0 Å². The normalized spacial score (nSPS) is 33.1. The number of carboxylic acids is 2. The quantitative estimate of drug-likeness (QED) is 0.379. The van der Waals surface area contributed by atoms with Crippen molar-refractivity contribution in [1.29, 1.82) is 0 Å². The maximum Gasteiger partial charge on any atom is 0.332 e. The lowest BCUT2D eigenvalue weighted by Crippen LogP contribution is -2.31. The Morgan fingerprint density at radius 3 is 1.31 bits per heavy atom. The van der Waals surface area contributed by atoms with Crippen molar-refractivity contribution in [2.45, 2.75) is 142 Å². The molecule has 0 spiro atoms. The van der Waals surface area contributed by atoms with Crippen LogP contribution < -0.4 is 0 Å². The van der Waals surface area contributed by atoms with Gasteiger partial charge in [0.15, 0.2) is 0 Å². The molecule has 0 bridgehead atoms. The van der Waals surface area contributed by atoms with Crippen LogP contribution in [0.2, 0.25) is 0 Å². The van der Waals surface area contributed by atoms with Gasteiger partial charge in [0.2, 0.25) is 0 Å². The molecule has 2 heterocycles.